The standard InChI is InChI=1S/C12H13FN4O7/c13-3-6-10(18)11(19)9(12(20)23-6)14-4-1-2-5(17(21)22)8-7(4)15-24-16-8/h1-2,6,9-12,14,18-20H,3H2/t6?,9-,10+,11?,12+/m1/s1. The van der Waals surface area contributed by atoms with E-state index in [-0.39, 0.29) is 22.4 Å². The van der Waals surface area contributed by atoms with Gasteiger partial charge in [-0.2, -0.15) is 0 Å². The van der Waals surface area contributed by atoms with Crippen LogP contribution in [0.1, 0.15) is 0 Å². The van der Waals surface area contributed by atoms with Crippen molar-refractivity contribution in [2.24, 2.45) is 0 Å². The fourth-order valence-corrected chi connectivity index (χ4v) is 2.53. The minimum absolute atomic E-state index is 0.00861. The Morgan fingerprint density at radius 1 is 1.25 bits per heavy atom. The molecule has 5 atom stereocenters. The van der Waals surface area contributed by atoms with Gasteiger partial charge in [0.1, 0.15) is 31.0 Å². The second kappa shape index (κ2) is 6.24. The van der Waals surface area contributed by atoms with Gasteiger partial charge in [-0.05, 0) is 16.4 Å². The number of hydrogen-bond donors (Lipinski definition) is 4. The van der Waals surface area contributed by atoms with Gasteiger partial charge in [0, 0.05) is 6.07 Å². The van der Waals surface area contributed by atoms with Crippen molar-refractivity contribution in [3.63, 3.8) is 0 Å². The van der Waals surface area contributed by atoms with Crippen LogP contribution < -0.4 is 5.32 Å². The highest BCUT2D eigenvalue weighted by Crippen LogP contribution is 2.31. The third kappa shape index (κ3) is 2.65. The lowest BCUT2D eigenvalue weighted by molar-refractivity contribution is -0.383. The molecule has 0 radical (unpaired) electrons. The number of alkyl halides is 1. The second-order valence-electron chi connectivity index (χ2n) is 5.22. The maximum Gasteiger partial charge on any atom is 0.300 e. The number of anilines is 1. The summed E-state index contributed by atoms with van der Waals surface area (Å²) < 4.78 is 22.1. The van der Waals surface area contributed by atoms with Crippen LogP contribution in [0.5, 0.6) is 0 Å². The maximum absolute atomic E-state index is 12.7. The molecule has 11 nitrogen and oxygen atoms in total. The number of non-ortho nitro benzene ring substituents is 1. The van der Waals surface area contributed by atoms with E-state index in [9.17, 15) is 29.8 Å². The second-order valence-corrected chi connectivity index (χ2v) is 5.22. The molecule has 0 bridgehead atoms. The predicted octanol–water partition coefficient (Wildman–Crippen LogP) is -0.680. The minimum atomic E-state index is -1.63. The molecule has 24 heavy (non-hydrogen) atoms. The first-order chi connectivity index (χ1) is 11.4. The molecule has 2 unspecified atom stereocenters. The Bertz CT molecular complexity index is 756. The van der Waals surface area contributed by atoms with E-state index in [4.69, 9.17) is 4.74 Å². The first-order valence-corrected chi connectivity index (χ1v) is 6.86. The van der Waals surface area contributed by atoms with Gasteiger partial charge in [0.05, 0.1) is 10.6 Å². The van der Waals surface area contributed by atoms with Crippen LogP contribution in [0.4, 0.5) is 15.8 Å². The summed E-state index contributed by atoms with van der Waals surface area (Å²) in [5.41, 5.74) is -0.330. The van der Waals surface area contributed by atoms with E-state index in [1.54, 1.807) is 0 Å². The van der Waals surface area contributed by atoms with E-state index in [0.717, 1.165) is 6.07 Å². The van der Waals surface area contributed by atoms with Crippen molar-refractivity contribution in [3.8, 4) is 0 Å². The molecule has 3 rings (SSSR count). The van der Waals surface area contributed by atoms with Gasteiger partial charge >= 0.3 is 5.69 Å². The molecule has 130 valence electrons. The monoisotopic (exact) mass is 344 g/mol. The summed E-state index contributed by atoms with van der Waals surface area (Å²) in [6.45, 7) is -1.09. The number of fused-ring (bicyclic) bond motifs is 1. The smallest absolute Gasteiger partial charge is 0.300 e. The van der Waals surface area contributed by atoms with Crippen LogP contribution in [0.2, 0.25) is 0 Å². The van der Waals surface area contributed by atoms with Crippen molar-refractivity contribution in [3.05, 3.63) is 22.2 Å². The number of ether oxygens (including phenoxy) is 1. The number of aliphatic hydroxyl groups is 3. The lowest BCUT2D eigenvalue weighted by atomic mass is 9.97. The van der Waals surface area contributed by atoms with Crippen molar-refractivity contribution >= 4 is 22.4 Å². The van der Waals surface area contributed by atoms with Gasteiger partial charge in [0.15, 0.2) is 11.8 Å². The summed E-state index contributed by atoms with van der Waals surface area (Å²) in [4.78, 5) is 10.3. The normalized spacial score (nSPS) is 30.4. The summed E-state index contributed by atoms with van der Waals surface area (Å²) in [5.74, 6) is 0. The molecule has 2 heterocycles. The molecule has 1 fully saturated rings. The van der Waals surface area contributed by atoms with Gasteiger partial charge < -0.3 is 25.4 Å². The van der Waals surface area contributed by atoms with Gasteiger partial charge in [-0.15, -0.1) is 0 Å². The lowest BCUT2D eigenvalue weighted by Crippen LogP contribution is -2.60. The number of aliphatic hydroxyl groups excluding tert-OH is 3. The zero-order valence-corrected chi connectivity index (χ0v) is 11.9. The number of aromatic nitrogens is 2. The van der Waals surface area contributed by atoms with Gasteiger partial charge in [-0.3, -0.25) is 10.1 Å². The van der Waals surface area contributed by atoms with E-state index in [1.807, 2.05) is 0 Å². The maximum atomic E-state index is 12.7. The minimum Gasteiger partial charge on any atom is -0.388 e. The highest BCUT2D eigenvalue weighted by molar-refractivity contribution is 5.93. The van der Waals surface area contributed by atoms with Crippen LogP contribution in [0, 0.1) is 10.1 Å². The molecule has 0 spiro atoms. The summed E-state index contributed by atoms with van der Waals surface area (Å²) in [5, 5.41) is 50.3. The molecule has 1 aliphatic heterocycles. The quantitative estimate of drug-likeness (QED) is 0.412. The molecule has 0 saturated carbocycles. The van der Waals surface area contributed by atoms with Crippen LogP contribution in [0.25, 0.3) is 11.0 Å². The van der Waals surface area contributed by atoms with Crippen LogP contribution >= 0.6 is 0 Å². The third-order valence-electron chi connectivity index (χ3n) is 3.79. The number of benzene rings is 1. The predicted molar refractivity (Wildman–Crippen MR) is 74.7 cm³/mol. The topological polar surface area (TPSA) is 164 Å². The van der Waals surface area contributed by atoms with Crippen molar-refractivity contribution in [2.45, 2.75) is 30.6 Å². The first-order valence-electron chi connectivity index (χ1n) is 6.86. The van der Waals surface area contributed by atoms with Crippen LogP contribution in [0.3, 0.4) is 0 Å². The number of rotatable bonds is 4. The van der Waals surface area contributed by atoms with E-state index < -0.39 is 42.2 Å². The summed E-state index contributed by atoms with van der Waals surface area (Å²) >= 11 is 0. The number of hydrogen-bond acceptors (Lipinski definition) is 10. The zero-order valence-electron chi connectivity index (χ0n) is 11.9. The summed E-state index contributed by atoms with van der Waals surface area (Å²) in [6, 6.07) is 1.18. The average molecular weight is 344 g/mol. The molecule has 1 saturated heterocycles. The lowest BCUT2D eigenvalue weighted by Gasteiger charge is -2.40. The molecule has 4 N–H and O–H groups in total. The van der Waals surface area contributed by atoms with Crippen LogP contribution in [-0.4, -0.2) is 67.9 Å². The zero-order chi connectivity index (χ0) is 17.4. The molecular formula is C12H13FN4O7. The van der Waals surface area contributed by atoms with Crippen molar-refractivity contribution < 1.29 is 34.0 Å². The van der Waals surface area contributed by atoms with Crippen molar-refractivity contribution in [2.75, 3.05) is 12.0 Å². The SMILES string of the molecule is O=[N+]([O-])c1ccc(N[C@@H]2C(O)[C@@H](O)C(CF)O[C@@H]2O)c2nonc12. The Balaban J connectivity index is 1.91. The Morgan fingerprint density at radius 3 is 2.62 bits per heavy atom. The molecule has 1 aromatic heterocycles. The Morgan fingerprint density at radius 2 is 1.96 bits per heavy atom. The summed E-state index contributed by atoms with van der Waals surface area (Å²) in [7, 11) is 0. The first kappa shape index (κ1) is 16.4. The largest absolute Gasteiger partial charge is 0.388 e. The van der Waals surface area contributed by atoms with Crippen LogP contribution in [-0.2, 0) is 4.74 Å². The summed E-state index contributed by atoms with van der Waals surface area (Å²) in [6.07, 6.45) is -6.12. The number of halogens is 1. The molecule has 1 aliphatic rings. The Hall–Kier alpha value is -2.41. The van der Waals surface area contributed by atoms with E-state index >= 15 is 0 Å². The van der Waals surface area contributed by atoms with Crippen molar-refractivity contribution in [1.29, 1.82) is 0 Å². The average Bonchev–Trinajstić information content (AvgIpc) is 3.04. The van der Waals surface area contributed by atoms with E-state index in [1.165, 1.54) is 6.07 Å². The Labute approximate surface area is 132 Å². The molecule has 12 heteroatoms. The van der Waals surface area contributed by atoms with Gasteiger partial charge in [0.25, 0.3) is 0 Å². The number of nitro benzene ring substituents is 1. The van der Waals surface area contributed by atoms with Crippen molar-refractivity contribution in [1.82, 2.24) is 10.3 Å². The van der Waals surface area contributed by atoms with E-state index in [0.29, 0.717) is 0 Å². The molecule has 0 aliphatic carbocycles. The third-order valence-corrected chi connectivity index (χ3v) is 3.79. The highest BCUT2D eigenvalue weighted by Gasteiger charge is 2.44. The van der Waals surface area contributed by atoms with Gasteiger partial charge in [-0.25, -0.2) is 9.02 Å². The number of nitro groups is 1. The fourth-order valence-electron chi connectivity index (χ4n) is 2.53. The van der Waals surface area contributed by atoms with Gasteiger partial charge in [-0.1, -0.05) is 0 Å². The fraction of sp³-hybridized carbons (Fsp3) is 0.500. The number of nitrogens with zero attached hydrogens (tertiary/aromatic N) is 3. The van der Waals surface area contributed by atoms with Crippen LogP contribution in [0.15, 0.2) is 16.8 Å². The molecule has 0 amide bonds. The van der Waals surface area contributed by atoms with E-state index in [2.05, 4.69) is 20.3 Å². The number of nitrogens with one attached hydrogen (secondary N) is 1. The molecule has 1 aromatic carbocycles. The Kier molecular flexibility index (Phi) is 4.28. The molecule has 2 aromatic rings. The highest BCUT2D eigenvalue weighted by atomic mass is 19.1. The van der Waals surface area contributed by atoms with Gasteiger partial charge in [0.2, 0.25) is 5.52 Å². The molecular weight excluding hydrogens is 331 g/mol.